The lowest BCUT2D eigenvalue weighted by Gasteiger charge is -2.43. The molecule has 3 rings (SSSR count). The summed E-state index contributed by atoms with van der Waals surface area (Å²) in [6.07, 6.45) is 2.49. The van der Waals surface area contributed by atoms with E-state index in [0.29, 0.717) is 64.6 Å². The molecule has 8 heteroatoms. The van der Waals surface area contributed by atoms with Crippen LogP contribution in [0.2, 0.25) is 0 Å². The molecular formula is C19H31N3O5. The highest BCUT2D eigenvalue weighted by Crippen LogP contribution is 2.30. The lowest BCUT2D eigenvalue weighted by molar-refractivity contribution is -0.140. The van der Waals surface area contributed by atoms with Crippen molar-refractivity contribution in [3.8, 4) is 0 Å². The Morgan fingerprint density at radius 3 is 2.52 bits per heavy atom. The molecule has 3 aliphatic heterocycles. The van der Waals surface area contributed by atoms with Gasteiger partial charge in [0.2, 0.25) is 11.8 Å². The Hall–Kier alpha value is -1.83. The Kier molecular flexibility index (Phi) is 6.24. The van der Waals surface area contributed by atoms with Gasteiger partial charge in [-0.25, -0.2) is 4.79 Å². The van der Waals surface area contributed by atoms with E-state index in [0.717, 1.165) is 13.0 Å². The smallest absolute Gasteiger partial charge is 0.410 e. The van der Waals surface area contributed by atoms with E-state index in [9.17, 15) is 14.4 Å². The molecule has 1 spiro atoms. The van der Waals surface area contributed by atoms with Crippen molar-refractivity contribution < 1.29 is 23.9 Å². The third-order valence-electron chi connectivity index (χ3n) is 5.98. The van der Waals surface area contributed by atoms with E-state index < -0.39 is 6.09 Å². The quantitative estimate of drug-likeness (QED) is 0.712. The first kappa shape index (κ1) is 19.9. The first-order valence-corrected chi connectivity index (χ1v) is 10.0. The van der Waals surface area contributed by atoms with Gasteiger partial charge in [-0.15, -0.1) is 0 Å². The topological polar surface area (TPSA) is 79.4 Å². The maximum atomic E-state index is 12.5. The van der Waals surface area contributed by atoms with Crippen LogP contribution in [0.25, 0.3) is 0 Å². The summed E-state index contributed by atoms with van der Waals surface area (Å²) in [7, 11) is 0. The third-order valence-corrected chi connectivity index (χ3v) is 5.98. The van der Waals surface area contributed by atoms with E-state index in [4.69, 9.17) is 9.47 Å². The van der Waals surface area contributed by atoms with E-state index in [1.54, 1.807) is 4.90 Å². The van der Waals surface area contributed by atoms with E-state index in [1.165, 1.54) is 4.90 Å². The molecule has 0 N–H and O–H groups in total. The second-order valence-corrected chi connectivity index (χ2v) is 7.99. The molecule has 152 valence electrons. The number of ether oxygens (including phenoxy) is 2. The molecule has 0 aromatic carbocycles. The standard InChI is InChI=1S/C19H31N3O5/c1-3-15(2)12-22-14-19(27-10-4-16(22)23)5-7-20(8-6-19)17(24)13-21-9-11-26-18(21)25/h15H,3-14H2,1-2H3. The van der Waals surface area contributed by atoms with Gasteiger partial charge in [-0.3, -0.25) is 14.5 Å². The van der Waals surface area contributed by atoms with Crippen LogP contribution >= 0.6 is 0 Å². The van der Waals surface area contributed by atoms with Crippen molar-refractivity contribution in [1.29, 1.82) is 0 Å². The van der Waals surface area contributed by atoms with Crippen molar-refractivity contribution >= 4 is 17.9 Å². The van der Waals surface area contributed by atoms with Crippen LogP contribution in [-0.4, -0.2) is 90.7 Å². The fourth-order valence-corrected chi connectivity index (χ4v) is 3.96. The molecule has 0 saturated carbocycles. The number of likely N-dealkylation sites (tertiary alicyclic amines) is 1. The number of hydrogen-bond acceptors (Lipinski definition) is 5. The van der Waals surface area contributed by atoms with Gasteiger partial charge in [0.1, 0.15) is 13.2 Å². The van der Waals surface area contributed by atoms with Crippen LogP contribution < -0.4 is 0 Å². The van der Waals surface area contributed by atoms with Gasteiger partial charge < -0.3 is 19.3 Å². The Labute approximate surface area is 160 Å². The highest BCUT2D eigenvalue weighted by molar-refractivity contribution is 5.83. The first-order chi connectivity index (χ1) is 12.9. The number of carbonyl (C=O) groups is 3. The molecule has 0 radical (unpaired) electrons. The summed E-state index contributed by atoms with van der Waals surface area (Å²) < 4.78 is 11.0. The summed E-state index contributed by atoms with van der Waals surface area (Å²) in [5, 5.41) is 0. The zero-order valence-corrected chi connectivity index (χ0v) is 16.4. The number of nitrogens with zero attached hydrogens (tertiary/aromatic N) is 3. The van der Waals surface area contributed by atoms with Crippen molar-refractivity contribution in [2.24, 2.45) is 5.92 Å². The third kappa shape index (κ3) is 4.72. The molecule has 0 aromatic heterocycles. The molecule has 0 bridgehead atoms. The number of piperidine rings is 1. The largest absolute Gasteiger partial charge is 0.448 e. The highest BCUT2D eigenvalue weighted by atomic mass is 16.6. The molecule has 0 aromatic rings. The number of amides is 3. The van der Waals surface area contributed by atoms with Gasteiger partial charge in [-0.05, 0) is 18.8 Å². The van der Waals surface area contributed by atoms with Crippen LogP contribution in [0.3, 0.4) is 0 Å². The summed E-state index contributed by atoms with van der Waals surface area (Å²) in [5.41, 5.74) is -0.358. The number of rotatable bonds is 5. The van der Waals surface area contributed by atoms with Gasteiger partial charge in [0.15, 0.2) is 0 Å². The molecule has 1 atom stereocenters. The zero-order valence-electron chi connectivity index (χ0n) is 16.4. The zero-order chi connectivity index (χ0) is 19.4. The van der Waals surface area contributed by atoms with Crippen LogP contribution in [0.1, 0.15) is 39.5 Å². The fraction of sp³-hybridized carbons (Fsp3) is 0.842. The van der Waals surface area contributed by atoms with Gasteiger partial charge in [0.25, 0.3) is 0 Å². The fourth-order valence-electron chi connectivity index (χ4n) is 3.96. The molecule has 3 fully saturated rings. The van der Waals surface area contributed by atoms with Gasteiger partial charge in [-0.2, -0.15) is 0 Å². The SMILES string of the molecule is CCC(C)CN1CC2(CCN(C(=O)CN3CCOC3=O)CC2)OCCC1=O. The molecule has 3 heterocycles. The summed E-state index contributed by atoms with van der Waals surface area (Å²) in [5.74, 6) is 0.578. The van der Waals surface area contributed by atoms with Gasteiger partial charge in [0.05, 0.1) is 25.2 Å². The summed E-state index contributed by atoms with van der Waals surface area (Å²) in [4.78, 5) is 41.7. The van der Waals surface area contributed by atoms with Crippen molar-refractivity contribution in [3.63, 3.8) is 0 Å². The number of hydrogen-bond donors (Lipinski definition) is 0. The molecule has 3 amide bonds. The summed E-state index contributed by atoms with van der Waals surface area (Å²) in [6, 6.07) is 0. The minimum atomic E-state index is -0.414. The molecule has 27 heavy (non-hydrogen) atoms. The van der Waals surface area contributed by atoms with E-state index >= 15 is 0 Å². The monoisotopic (exact) mass is 381 g/mol. The molecule has 3 saturated heterocycles. The van der Waals surface area contributed by atoms with Crippen molar-refractivity contribution in [2.75, 3.05) is 52.5 Å². The average Bonchev–Trinajstić information content (AvgIpc) is 2.99. The number of carbonyl (C=O) groups excluding carboxylic acids is 3. The van der Waals surface area contributed by atoms with Gasteiger partial charge in [0, 0.05) is 26.2 Å². The first-order valence-electron chi connectivity index (χ1n) is 10.0. The molecule has 3 aliphatic rings. The van der Waals surface area contributed by atoms with Crippen LogP contribution in [0, 0.1) is 5.92 Å². The predicted octanol–water partition coefficient (Wildman–Crippen LogP) is 1.09. The molecule has 8 nitrogen and oxygen atoms in total. The maximum Gasteiger partial charge on any atom is 0.410 e. The summed E-state index contributed by atoms with van der Waals surface area (Å²) in [6.45, 7) is 8.20. The van der Waals surface area contributed by atoms with E-state index in [1.807, 2.05) is 4.90 Å². The Bertz CT molecular complexity index is 574. The van der Waals surface area contributed by atoms with Crippen molar-refractivity contribution in [3.05, 3.63) is 0 Å². The van der Waals surface area contributed by atoms with Gasteiger partial charge in [-0.1, -0.05) is 20.3 Å². The highest BCUT2D eigenvalue weighted by Gasteiger charge is 2.41. The van der Waals surface area contributed by atoms with Crippen molar-refractivity contribution in [1.82, 2.24) is 14.7 Å². The van der Waals surface area contributed by atoms with Crippen molar-refractivity contribution in [2.45, 2.75) is 45.1 Å². The number of cyclic esters (lactones) is 1. The second-order valence-electron chi connectivity index (χ2n) is 7.99. The van der Waals surface area contributed by atoms with Crippen LogP contribution in [0.4, 0.5) is 4.79 Å². The molecule has 1 unspecified atom stereocenters. The van der Waals surface area contributed by atoms with Crippen LogP contribution in [0.5, 0.6) is 0 Å². The van der Waals surface area contributed by atoms with E-state index in [-0.39, 0.29) is 24.0 Å². The Morgan fingerprint density at radius 2 is 1.89 bits per heavy atom. The molecule has 0 aliphatic carbocycles. The normalized spacial score (nSPS) is 24.1. The second kappa shape index (κ2) is 8.46. The van der Waals surface area contributed by atoms with E-state index in [2.05, 4.69) is 13.8 Å². The van der Waals surface area contributed by atoms with Gasteiger partial charge >= 0.3 is 6.09 Å². The lowest BCUT2D eigenvalue weighted by atomic mass is 9.90. The predicted molar refractivity (Wildman–Crippen MR) is 98.1 cm³/mol. The summed E-state index contributed by atoms with van der Waals surface area (Å²) >= 11 is 0. The Balaban J connectivity index is 1.56. The minimum absolute atomic E-state index is 0.0511. The molecular weight excluding hydrogens is 350 g/mol. The van der Waals surface area contributed by atoms with Crippen LogP contribution in [-0.2, 0) is 19.1 Å². The Morgan fingerprint density at radius 1 is 1.15 bits per heavy atom. The van der Waals surface area contributed by atoms with Crippen LogP contribution in [0.15, 0.2) is 0 Å². The minimum Gasteiger partial charge on any atom is -0.448 e. The maximum absolute atomic E-state index is 12.5. The average molecular weight is 381 g/mol. The lowest BCUT2D eigenvalue weighted by Crippen LogP contribution is -2.54.